The number of hydrogen-bond donors (Lipinski definition) is 1. The van der Waals surface area contributed by atoms with Crippen molar-refractivity contribution in [1.82, 2.24) is 0 Å². The Bertz CT molecular complexity index is 547. The summed E-state index contributed by atoms with van der Waals surface area (Å²) >= 11 is 6.20. The minimum Gasteiger partial charge on any atom is -0.481 e. The minimum atomic E-state index is -0.686. The van der Waals surface area contributed by atoms with Crippen molar-refractivity contribution in [1.29, 1.82) is 0 Å². The van der Waals surface area contributed by atoms with Crippen molar-refractivity contribution in [2.45, 2.75) is 63.6 Å². The molecule has 0 unspecified atom stereocenters. The lowest BCUT2D eigenvalue weighted by Crippen LogP contribution is -2.26. The summed E-state index contributed by atoms with van der Waals surface area (Å²) in [7, 11) is 0. The molecule has 0 amide bonds. The van der Waals surface area contributed by atoms with Gasteiger partial charge in [-0.2, -0.15) is 0 Å². The third-order valence-electron chi connectivity index (χ3n) is 5.51. The van der Waals surface area contributed by atoms with Crippen molar-refractivity contribution in [3.05, 3.63) is 34.9 Å². The Labute approximate surface area is 136 Å². The predicted molar refractivity (Wildman–Crippen MR) is 86.0 cm³/mol. The van der Waals surface area contributed by atoms with Gasteiger partial charge in [-0.25, -0.2) is 0 Å². The molecule has 4 heteroatoms. The van der Waals surface area contributed by atoms with Gasteiger partial charge in [0, 0.05) is 11.4 Å². The molecule has 0 saturated heterocycles. The number of ether oxygens (including phenoxy) is 1. The van der Waals surface area contributed by atoms with Crippen LogP contribution in [0.15, 0.2) is 24.3 Å². The fraction of sp³-hybridized carbons (Fsp3) is 0.611. The zero-order valence-corrected chi connectivity index (χ0v) is 13.6. The third kappa shape index (κ3) is 3.31. The van der Waals surface area contributed by atoms with Gasteiger partial charge in [0.05, 0.1) is 12.2 Å². The molecule has 2 saturated carbocycles. The molecule has 22 heavy (non-hydrogen) atoms. The van der Waals surface area contributed by atoms with Crippen molar-refractivity contribution in [2.75, 3.05) is 0 Å². The van der Waals surface area contributed by atoms with Crippen LogP contribution in [0, 0.1) is 5.41 Å². The fourth-order valence-corrected chi connectivity index (χ4v) is 4.46. The van der Waals surface area contributed by atoms with Crippen molar-refractivity contribution >= 4 is 17.6 Å². The molecule has 3 nitrogen and oxygen atoms in total. The highest BCUT2D eigenvalue weighted by molar-refractivity contribution is 6.31. The summed E-state index contributed by atoms with van der Waals surface area (Å²) in [5.41, 5.74) is 1.38. The zero-order valence-electron chi connectivity index (χ0n) is 12.8. The number of carboxylic acid groups (broad SMARTS) is 1. The average molecular weight is 323 g/mol. The van der Waals surface area contributed by atoms with E-state index in [2.05, 4.69) is 0 Å². The van der Waals surface area contributed by atoms with Crippen LogP contribution in [0.3, 0.4) is 0 Å². The molecule has 2 aliphatic rings. The van der Waals surface area contributed by atoms with Crippen molar-refractivity contribution in [3.63, 3.8) is 0 Å². The Morgan fingerprint density at radius 3 is 2.64 bits per heavy atom. The van der Waals surface area contributed by atoms with Crippen LogP contribution < -0.4 is 0 Å². The quantitative estimate of drug-likeness (QED) is 0.783. The molecule has 120 valence electrons. The van der Waals surface area contributed by atoms with E-state index in [-0.39, 0.29) is 12.0 Å². The molecular formula is C18H23ClO3. The second-order valence-electron chi connectivity index (χ2n) is 6.99. The molecule has 2 fully saturated rings. The van der Waals surface area contributed by atoms with Gasteiger partial charge in [-0.3, -0.25) is 4.79 Å². The molecule has 2 aliphatic carbocycles. The Kier molecular flexibility index (Phi) is 4.47. The van der Waals surface area contributed by atoms with E-state index in [1.807, 2.05) is 24.3 Å². The second-order valence-corrected chi connectivity index (χ2v) is 7.39. The molecule has 1 aromatic carbocycles. The van der Waals surface area contributed by atoms with E-state index in [9.17, 15) is 4.79 Å². The summed E-state index contributed by atoms with van der Waals surface area (Å²) in [6.45, 7) is 0.574. The van der Waals surface area contributed by atoms with E-state index >= 15 is 0 Å². The molecule has 1 N–H and O–H groups in total. The van der Waals surface area contributed by atoms with E-state index < -0.39 is 5.97 Å². The van der Waals surface area contributed by atoms with Crippen LogP contribution in [0.5, 0.6) is 0 Å². The Balaban J connectivity index is 1.56. The predicted octanol–water partition coefficient (Wildman–Crippen LogP) is 4.81. The van der Waals surface area contributed by atoms with Crippen LogP contribution in [0.25, 0.3) is 0 Å². The highest BCUT2D eigenvalue weighted by atomic mass is 35.5. The lowest BCUT2D eigenvalue weighted by Gasteiger charge is -2.28. The standard InChI is InChI=1S/C18H23ClO3/c19-15-5-2-1-4-14(15)12-22-18-10-8-17(13-18,9-11-18)7-3-6-16(20)21/h1-2,4-5H,3,6-13H2,(H,20,21). The number of aliphatic carboxylic acids is 1. The Morgan fingerprint density at radius 2 is 1.95 bits per heavy atom. The van der Waals surface area contributed by atoms with Gasteiger partial charge in [0.2, 0.25) is 0 Å². The molecule has 0 aliphatic heterocycles. The number of hydrogen-bond acceptors (Lipinski definition) is 2. The lowest BCUT2D eigenvalue weighted by molar-refractivity contribution is -0.137. The van der Waals surface area contributed by atoms with Crippen LogP contribution in [-0.4, -0.2) is 16.7 Å². The Hall–Kier alpha value is -1.06. The highest BCUT2D eigenvalue weighted by Crippen LogP contribution is 2.60. The number of carbonyl (C=O) groups is 1. The van der Waals surface area contributed by atoms with Gasteiger partial charge >= 0.3 is 5.97 Å². The maximum absolute atomic E-state index is 10.7. The molecule has 0 radical (unpaired) electrons. The van der Waals surface area contributed by atoms with Gasteiger partial charge in [0.1, 0.15) is 0 Å². The topological polar surface area (TPSA) is 46.5 Å². The van der Waals surface area contributed by atoms with Crippen LogP contribution in [0.2, 0.25) is 5.02 Å². The zero-order chi connectivity index (χ0) is 15.6. The van der Waals surface area contributed by atoms with Crippen molar-refractivity contribution in [3.8, 4) is 0 Å². The van der Waals surface area contributed by atoms with Gasteiger partial charge in [-0.05, 0) is 62.0 Å². The monoisotopic (exact) mass is 322 g/mol. The first-order chi connectivity index (χ1) is 10.5. The smallest absolute Gasteiger partial charge is 0.303 e. The van der Waals surface area contributed by atoms with Gasteiger partial charge in [0.15, 0.2) is 0 Å². The highest BCUT2D eigenvalue weighted by Gasteiger charge is 2.54. The summed E-state index contributed by atoms with van der Waals surface area (Å²) in [4.78, 5) is 10.7. The summed E-state index contributed by atoms with van der Waals surface area (Å²) in [6, 6.07) is 7.84. The second kappa shape index (κ2) is 6.21. The van der Waals surface area contributed by atoms with Crippen molar-refractivity contribution in [2.24, 2.45) is 5.41 Å². The first-order valence-electron chi connectivity index (χ1n) is 8.12. The SMILES string of the molecule is O=C(O)CCCC12CCC(OCc3ccccc3Cl)(CC1)C2. The van der Waals surface area contributed by atoms with Crippen LogP contribution in [-0.2, 0) is 16.1 Å². The third-order valence-corrected chi connectivity index (χ3v) is 5.88. The number of carboxylic acids is 1. The van der Waals surface area contributed by atoms with E-state index in [0.29, 0.717) is 12.0 Å². The van der Waals surface area contributed by atoms with Crippen LogP contribution in [0.4, 0.5) is 0 Å². The average Bonchev–Trinajstić information content (AvgIpc) is 3.02. The van der Waals surface area contributed by atoms with Gasteiger partial charge in [0.25, 0.3) is 0 Å². The molecular weight excluding hydrogens is 300 g/mol. The van der Waals surface area contributed by atoms with E-state index in [0.717, 1.165) is 42.7 Å². The van der Waals surface area contributed by atoms with Crippen LogP contribution >= 0.6 is 11.6 Å². The summed E-state index contributed by atoms with van der Waals surface area (Å²) in [5, 5.41) is 9.57. The summed E-state index contributed by atoms with van der Waals surface area (Å²) in [6.07, 6.45) is 7.74. The Morgan fingerprint density at radius 1 is 1.23 bits per heavy atom. The first kappa shape index (κ1) is 15.8. The normalized spacial score (nSPS) is 29.9. The maximum Gasteiger partial charge on any atom is 0.303 e. The number of fused-ring (bicyclic) bond motifs is 2. The molecule has 0 atom stereocenters. The summed E-state index contributed by atoms with van der Waals surface area (Å²) in [5.74, 6) is -0.686. The first-order valence-corrected chi connectivity index (χ1v) is 8.50. The summed E-state index contributed by atoms with van der Waals surface area (Å²) < 4.78 is 6.30. The van der Waals surface area contributed by atoms with Gasteiger partial charge < -0.3 is 9.84 Å². The molecule has 1 aromatic rings. The molecule has 0 spiro atoms. The van der Waals surface area contributed by atoms with Gasteiger partial charge in [-0.15, -0.1) is 0 Å². The number of benzene rings is 1. The molecule has 2 bridgehead atoms. The van der Waals surface area contributed by atoms with E-state index in [1.165, 1.54) is 12.8 Å². The molecule has 0 aromatic heterocycles. The van der Waals surface area contributed by atoms with E-state index in [1.54, 1.807) is 0 Å². The largest absolute Gasteiger partial charge is 0.481 e. The van der Waals surface area contributed by atoms with E-state index in [4.69, 9.17) is 21.4 Å². The number of halogens is 1. The minimum absolute atomic E-state index is 0.00237. The lowest BCUT2D eigenvalue weighted by atomic mass is 9.80. The molecule has 3 rings (SSSR count). The number of rotatable bonds is 7. The maximum atomic E-state index is 10.7. The van der Waals surface area contributed by atoms with Crippen molar-refractivity contribution < 1.29 is 14.6 Å². The van der Waals surface area contributed by atoms with Gasteiger partial charge in [-0.1, -0.05) is 29.8 Å². The fourth-order valence-electron chi connectivity index (χ4n) is 4.27. The molecule has 0 heterocycles. The van der Waals surface area contributed by atoms with Crippen LogP contribution in [0.1, 0.15) is 56.9 Å².